The minimum Gasteiger partial charge on any atom is -0.348 e. The number of nitrogens with zero attached hydrogens (tertiary/aromatic N) is 1. The summed E-state index contributed by atoms with van der Waals surface area (Å²) in [6, 6.07) is 20.3. The molecule has 0 bridgehead atoms. The van der Waals surface area contributed by atoms with E-state index in [1.54, 1.807) is 12.3 Å². The number of aryl methyl sites for hydroxylation is 2. The molecular formula is C19H19BN2. The lowest BCUT2D eigenvalue weighted by molar-refractivity contribution is 1.22. The van der Waals surface area contributed by atoms with E-state index in [9.17, 15) is 0 Å². The largest absolute Gasteiger partial charge is 0.348 e. The first-order chi connectivity index (χ1) is 10.7. The van der Waals surface area contributed by atoms with Crippen LogP contribution in [0.2, 0.25) is 0 Å². The number of H-pyrrole nitrogens is 1. The highest BCUT2D eigenvalue weighted by Crippen LogP contribution is 2.21. The fourth-order valence-corrected chi connectivity index (χ4v) is 2.02. The molecule has 0 spiro atoms. The molecule has 108 valence electrons. The number of hydrogen-bond donors (Lipinski definition) is 1. The van der Waals surface area contributed by atoms with Crippen molar-refractivity contribution in [3.8, 4) is 0 Å². The maximum atomic E-state index is 5.67. The zero-order valence-corrected chi connectivity index (χ0v) is 13.0. The van der Waals surface area contributed by atoms with Gasteiger partial charge in [0.25, 0.3) is 0 Å². The summed E-state index contributed by atoms with van der Waals surface area (Å²) in [5.41, 5.74) is 5.59. The number of imidazole rings is 1. The number of nitrogens with one attached hydrogen (secondary N) is 1. The number of aromatic nitrogens is 2. The lowest BCUT2D eigenvalue weighted by Gasteiger charge is -2.07. The summed E-state index contributed by atoms with van der Waals surface area (Å²) in [5, 5.41) is 0. The van der Waals surface area contributed by atoms with E-state index < -0.39 is 0 Å². The van der Waals surface area contributed by atoms with Gasteiger partial charge in [0.2, 0.25) is 0 Å². The second kappa shape index (κ2) is 8.03. The van der Waals surface area contributed by atoms with E-state index >= 15 is 0 Å². The van der Waals surface area contributed by atoms with Crippen LogP contribution in [0.1, 0.15) is 22.5 Å². The van der Waals surface area contributed by atoms with Gasteiger partial charge in [-0.25, -0.2) is 4.98 Å². The van der Waals surface area contributed by atoms with Gasteiger partial charge in [0.15, 0.2) is 0 Å². The summed E-state index contributed by atoms with van der Waals surface area (Å²) >= 11 is 0. The zero-order chi connectivity index (χ0) is 15.8. The van der Waals surface area contributed by atoms with Gasteiger partial charge in [-0.15, -0.1) is 5.98 Å². The van der Waals surface area contributed by atoms with Crippen molar-refractivity contribution >= 4 is 13.4 Å². The Morgan fingerprint density at radius 2 is 1.41 bits per heavy atom. The van der Waals surface area contributed by atoms with Crippen molar-refractivity contribution in [2.75, 3.05) is 0 Å². The Labute approximate surface area is 133 Å². The summed E-state index contributed by atoms with van der Waals surface area (Å²) in [6.07, 6.45) is 1.70. The highest BCUT2D eigenvalue weighted by atomic mass is 14.9. The van der Waals surface area contributed by atoms with Gasteiger partial charge in [-0.1, -0.05) is 60.7 Å². The van der Waals surface area contributed by atoms with Crippen LogP contribution < -0.4 is 0 Å². The molecule has 3 rings (SSSR count). The lowest BCUT2D eigenvalue weighted by atomic mass is 9.92. The third-order valence-corrected chi connectivity index (χ3v) is 3.42. The average molecular weight is 286 g/mol. The number of hydrogen-bond acceptors (Lipinski definition) is 1. The minimum absolute atomic E-state index is 1.07. The second-order valence-electron chi connectivity index (χ2n) is 4.93. The molecule has 22 heavy (non-hydrogen) atoms. The first kappa shape index (κ1) is 15.8. The number of aromatic amines is 1. The number of benzene rings is 2. The molecule has 1 aromatic heterocycles. The summed E-state index contributed by atoms with van der Waals surface area (Å²) in [4.78, 5) is 6.92. The summed E-state index contributed by atoms with van der Waals surface area (Å²) in [6.45, 7) is 3.98. The maximum absolute atomic E-state index is 5.67. The maximum Gasteiger partial charge on any atom is 0.103 e. The van der Waals surface area contributed by atoms with E-state index in [0.717, 1.165) is 28.1 Å². The normalized spacial score (nSPS) is 9.55. The van der Waals surface area contributed by atoms with E-state index in [2.05, 4.69) is 34.2 Å². The molecule has 0 saturated heterocycles. The smallest absolute Gasteiger partial charge is 0.103 e. The Balaban J connectivity index is 0.000000211. The molecule has 0 amide bonds. The van der Waals surface area contributed by atoms with Crippen LogP contribution in [0.4, 0.5) is 0 Å². The van der Waals surface area contributed by atoms with Crippen LogP contribution in [0.5, 0.6) is 0 Å². The van der Waals surface area contributed by atoms with E-state index in [1.165, 1.54) is 0 Å². The molecule has 3 heteroatoms. The van der Waals surface area contributed by atoms with Gasteiger partial charge in [0.05, 0.1) is 12.0 Å². The van der Waals surface area contributed by atoms with Crippen molar-refractivity contribution in [1.82, 2.24) is 9.97 Å². The van der Waals surface area contributed by atoms with Gasteiger partial charge < -0.3 is 4.98 Å². The minimum atomic E-state index is 1.07. The van der Waals surface area contributed by atoms with Crippen LogP contribution in [0.15, 0.2) is 73.0 Å². The van der Waals surface area contributed by atoms with Crippen LogP contribution in [-0.2, 0) is 0 Å². The fraction of sp³-hybridized carbons (Fsp3) is 0.105. The monoisotopic (exact) mass is 286 g/mol. The van der Waals surface area contributed by atoms with Gasteiger partial charge in [-0.05, 0) is 30.5 Å². The molecule has 2 nitrogen and oxygen atoms in total. The Bertz CT molecular complexity index is 657. The molecule has 1 N–H and O–H groups in total. The Hall–Kier alpha value is -2.55. The van der Waals surface area contributed by atoms with Crippen LogP contribution in [-0.4, -0.2) is 17.8 Å². The average Bonchev–Trinajstić information content (AvgIpc) is 2.94. The first-order valence-corrected chi connectivity index (χ1v) is 7.21. The highest BCUT2D eigenvalue weighted by molar-refractivity contribution is 6.21. The van der Waals surface area contributed by atoms with Crippen LogP contribution >= 0.6 is 0 Å². The van der Waals surface area contributed by atoms with Crippen molar-refractivity contribution in [3.05, 3.63) is 95.5 Å². The molecule has 0 fully saturated rings. The summed E-state index contributed by atoms with van der Waals surface area (Å²) in [5.74, 6) is 1.66. The molecule has 0 aliphatic carbocycles. The fourth-order valence-electron chi connectivity index (χ4n) is 2.02. The second-order valence-corrected chi connectivity index (χ2v) is 4.93. The molecule has 0 aliphatic heterocycles. The van der Waals surface area contributed by atoms with Gasteiger partial charge in [0, 0.05) is 5.69 Å². The van der Waals surface area contributed by atoms with Crippen molar-refractivity contribution < 1.29 is 0 Å². The zero-order valence-electron chi connectivity index (χ0n) is 13.0. The van der Waals surface area contributed by atoms with Gasteiger partial charge in [-0.2, -0.15) is 0 Å². The van der Waals surface area contributed by atoms with Gasteiger partial charge in [-0.3, -0.25) is 0 Å². The topological polar surface area (TPSA) is 28.7 Å². The van der Waals surface area contributed by atoms with Gasteiger partial charge in [0.1, 0.15) is 7.85 Å². The third kappa shape index (κ3) is 4.22. The SMILES string of the molecule is Cc1nc[nH]c1C.[B]C=C(c1ccccc1)c1ccccc1. The number of rotatable bonds is 2. The van der Waals surface area contributed by atoms with E-state index in [0.29, 0.717) is 0 Å². The van der Waals surface area contributed by atoms with E-state index in [1.807, 2.05) is 50.2 Å². The molecule has 1 heterocycles. The molecular weight excluding hydrogens is 267 g/mol. The van der Waals surface area contributed by atoms with Crippen molar-refractivity contribution in [2.45, 2.75) is 13.8 Å². The Morgan fingerprint density at radius 3 is 1.68 bits per heavy atom. The third-order valence-electron chi connectivity index (χ3n) is 3.42. The standard InChI is InChI=1S/C14H11B.C5H8N2/c15-11-14(12-7-3-1-4-8-12)13-9-5-2-6-10-13;1-4-5(2)7-3-6-4/h1-11H;3H,1-2H3,(H,6,7). The van der Waals surface area contributed by atoms with Crippen LogP contribution in [0, 0.1) is 13.8 Å². The van der Waals surface area contributed by atoms with Crippen molar-refractivity contribution in [1.29, 1.82) is 0 Å². The quantitative estimate of drug-likeness (QED) is 0.700. The van der Waals surface area contributed by atoms with Crippen molar-refractivity contribution in [2.24, 2.45) is 0 Å². The molecule has 0 unspecified atom stereocenters. The first-order valence-electron chi connectivity index (χ1n) is 7.21. The van der Waals surface area contributed by atoms with E-state index in [-0.39, 0.29) is 0 Å². The highest BCUT2D eigenvalue weighted by Gasteiger charge is 2.01. The lowest BCUT2D eigenvalue weighted by Crippen LogP contribution is -1.87. The molecule has 0 aliphatic rings. The molecule has 0 saturated carbocycles. The predicted octanol–water partition coefficient (Wildman–Crippen LogP) is 4.27. The molecule has 2 aromatic carbocycles. The molecule has 2 radical (unpaired) electrons. The van der Waals surface area contributed by atoms with Crippen molar-refractivity contribution in [3.63, 3.8) is 0 Å². The molecule has 0 atom stereocenters. The predicted molar refractivity (Wildman–Crippen MR) is 93.8 cm³/mol. The summed E-state index contributed by atoms with van der Waals surface area (Å²) < 4.78 is 0. The van der Waals surface area contributed by atoms with Crippen LogP contribution in [0.3, 0.4) is 0 Å². The summed E-state index contributed by atoms with van der Waals surface area (Å²) in [7, 11) is 5.67. The Morgan fingerprint density at radius 1 is 0.909 bits per heavy atom. The Kier molecular flexibility index (Phi) is 5.78. The molecule has 3 aromatic rings. The van der Waals surface area contributed by atoms with Crippen LogP contribution in [0.25, 0.3) is 5.57 Å². The van der Waals surface area contributed by atoms with E-state index in [4.69, 9.17) is 7.85 Å². The van der Waals surface area contributed by atoms with Gasteiger partial charge >= 0.3 is 0 Å².